The van der Waals surface area contributed by atoms with Crippen molar-refractivity contribution in [2.75, 3.05) is 25.5 Å². The zero-order valence-electron chi connectivity index (χ0n) is 17.6. The summed E-state index contributed by atoms with van der Waals surface area (Å²) < 4.78 is 32.9. The number of amides is 1. The summed E-state index contributed by atoms with van der Waals surface area (Å²) >= 11 is 0. The van der Waals surface area contributed by atoms with Gasteiger partial charge in [-0.05, 0) is 67.8 Å². The van der Waals surface area contributed by atoms with E-state index in [1.54, 1.807) is 42.5 Å². The van der Waals surface area contributed by atoms with Crippen molar-refractivity contribution in [1.29, 1.82) is 0 Å². The van der Waals surface area contributed by atoms with Crippen LogP contribution in [0.25, 0.3) is 6.08 Å². The largest absolute Gasteiger partial charge is 0.495 e. The number of methoxy groups -OCH3 is 1. The second-order valence-corrected chi connectivity index (χ2v) is 9.24. The minimum absolute atomic E-state index is 0.0485. The van der Waals surface area contributed by atoms with Gasteiger partial charge < -0.3 is 10.1 Å². The number of piperidine rings is 1. The number of ketones is 1. The van der Waals surface area contributed by atoms with E-state index < -0.39 is 10.0 Å². The van der Waals surface area contributed by atoms with Crippen LogP contribution in [0.4, 0.5) is 5.69 Å². The first kappa shape index (κ1) is 22.7. The summed E-state index contributed by atoms with van der Waals surface area (Å²) in [5, 5.41) is 2.71. The summed E-state index contributed by atoms with van der Waals surface area (Å²) in [6.45, 7) is 2.47. The van der Waals surface area contributed by atoms with Crippen LogP contribution in [0.5, 0.6) is 5.75 Å². The van der Waals surface area contributed by atoms with Crippen molar-refractivity contribution in [1.82, 2.24) is 4.31 Å². The van der Waals surface area contributed by atoms with Crippen LogP contribution in [0.3, 0.4) is 0 Å². The van der Waals surface area contributed by atoms with E-state index in [0.717, 1.165) is 19.3 Å². The van der Waals surface area contributed by atoms with Gasteiger partial charge >= 0.3 is 0 Å². The van der Waals surface area contributed by atoms with Gasteiger partial charge in [-0.25, -0.2) is 8.42 Å². The number of Topliss-reactive ketones (excluding diaryl/α,β-unsaturated/α-hetero) is 1. The first-order valence-corrected chi connectivity index (χ1v) is 11.5. The number of hydrogen-bond donors (Lipinski definition) is 1. The number of hydrogen-bond acceptors (Lipinski definition) is 5. The van der Waals surface area contributed by atoms with Gasteiger partial charge in [0.05, 0.1) is 7.11 Å². The van der Waals surface area contributed by atoms with E-state index in [1.807, 2.05) is 0 Å². The standard InChI is InChI=1S/C23H26N2O5S/c1-17(26)19-8-10-20(11-9-19)24-23(27)13-7-18-6-12-21(30-2)22(16-18)31(28,29)25-14-4-3-5-15-25/h6-13,16H,3-5,14-15H2,1-2H3,(H,24,27). The van der Waals surface area contributed by atoms with Crippen molar-refractivity contribution >= 4 is 33.5 Å². The Hall–Kier alpha value is -2.97. The van der Waals surface area contributed by atoms with Crippen molar-refractivity contribution in [3.8, 4) is 5.75 Å². The number of rotatable bonds is 7. The van der Waals surface area contributed by atoms with Gasteiger partial charge in [0.25, 0.3) is 0 Å². The molecular weight excluding hydrogens is 416 g/mol. The van der Waals surface area contributed by atoms with Crippen LogP contribution < -0.4 is 10.1 Å². The smallest absolute Gasteiger partial charge is 0.248 e. The molecule has 1 saturated heterocycles. The molecule has 1 amide bonds. The maximum absolute atomic E-state index is 13.1. The second kappa shape index (κ2) is 9.89. The summed E-state index contributed by atoms with van der Waals surface area (Å²) in [5.41, 5.74) is 1.69. The highest BCUT2D eigenvalue weighted by Crippen LogP contribution is 2.30. The Morgan fingerprint density at radius 2 is 1.71 bits per heavy atom. The van der Waals surface area contributed by atoms with Crippen LogP contribution in [0.1, 0.15) is 42.1 Å². The average molecular weight is 443 g/mol. The summed E-state index contributed by atoms with van der Waals surface area (Å²) in [5.74, 6) is -0.142. The van der Waals surface area contributed by atoms with Crippen molar-refractivity contribution in [2.45, 2.75) is 31.1 Å². The monoisotopic (exact) mass is 442 g/mol. The highest BCUT2D eigenvalue weighted by atomic mass is 32.2. The van der Waals surface area contributed by atoms with Crippen molar-refractivity contribution in [3.05, 3.63) is 59.7 Å². The van der Waals surface area contributed by atoms with Crippen LogP contribution in [-0.2, 0) is 14.8 Å². The van der Waals surface area contributed by atoms with Gasteiger partial charge in [-0.1, -0.05) is 12.5 Å². The molecule has 3 rings (SSSR count). The molecule has 0 unspecified atom stereocenters. The Kier molecular flexibility index (Phi) is 7.25. The fourth-order valence-corrected chi connectivity index (χ4v) is 5.09. The van der Waals surface area contributed by atoms with Crippen molar-refractivity contribution in [2.24, 2.45) is 0 Å². The van der Waals surface area contributed by atoms with Crippen molar-refractivity contribution < 1.29 is 22.7 Å². The van der Waals surface area contributed by atoms with Gasteiger partial charge in [0, 0.05) is 30.4 Å². The Labute approximate surface area is 182 Å². The first-order chi connectivity index (χ1) is 14.8. The van der Waals surface area contributed by atoms with Crippen LogP contribution in [-0.4, -0.2) is 44.6 Å². The third kappa shape index (κ3) is 5.59. The van der Waals surface area contributed by atoms with E-state index in [-0.39, 0.29) is 22.3 Å². The van der Waals surface area contributed by atoms with Gasteiger partial charge in [-0.2, -0.15) is 4.31 Å². The summed E-state index contributed by atoms with van der Waals surface area (Å²) in [4.78, 5) is 23.7. The Morgan fingerprint density at radius 1 is 1.03 bits per heavy atom. The molecule has 0 atom stereocenters. The third-order valence-corrected chi connectivity index (χ3v) is 7.03. The Balaban J connectivity index is 1.76. The first-order valence-electron chi connectivity index (χ1n) is 10.1. The van der Waals surface area contributed by atoms with E-state index in [4.69, 9.17) is 4.74 Å². The minimum atomic E-state index is -3.68. The molecule has 0 bridgehead atoms. The average Bonchev–Trinajstić information content (AvgIpc) is 2.78. The number of anilines is 1. The zero-order chi connectivity index (χ0) is 22.4. The molecule has 1 N–H and O–H groups in total. The molecule has 1 aliphatic heterocycles. The van der Waals surface area contributed by atoms with Gasteiger partial charge in [-0.3, -0.25) is 9.59 Å². The maximum Gasteiger partial charge on any atom is 0.248 e. The normalized spacial score (nSPS) is 15.0. The second-order valence-electron chi connectivity index (χ2n) is 7.33. The summed E-state index contributed by atoms with van der Waals surface area (Å²) in [6.07, 6.45) is 5.59. The summed E-state index contributed by atoms with van der Waals surface area (Å²) in [6, 6.07) is 11.4. The van der Waals surface area contributed by atoms with Gasteiger partial charge in [0.15, 0.2) is 5.78 Å². The molecule has 7 nitrogen and oxygen atoms in total. The van der Waals surface area contributed by atoms with Crippen LogP contribution >= 0.6 is 0 Å². The molecule has 0 aromatic heterocycles. The quantitative estimate of drug-likeness (QED) is 0.521. The minimum Gasteiger partial charge on any atom is -0.495 e. The molecule has 164 valence electrons. The topological polar surface area (TPSA) is 92.8 Å². The number of nitrogens with zero attached hydrogens (tertiary/aromatic N) is 1. The molecule has 8 heteroatoms. The molecule has 0 spiro atoms. The fourth-order valence-electron chi connectivity index (χ4n) is 3.39. The molecule has 2 aromatic carbocycles. The fraction of sp³-hybridized carbons (Fsp3) is 0.304. The summed E-state index contributed by atoms with van der Waals surface area (Å²) in [7, 11) is -2.24. The number of nitrogens with one attached hydrogen (secondary N) is 1. The Bertz CT molecular complexity index is 1090. The van der Waals surface area contributed by atoms with E-state index in [9.17, 15) is 18.0 Å². The molecule has 1 aliphatic rings. The van der Waals surface area contributed by atoms with Crippen LogP contribution in [0.15, 0.2) is 53.4 Å². The lowest BCUT2D eigenvalue weighted by Gasteiger charge is -2.26. The predicted octanol–water partition coefficient (Wildman–Crippen LogP) is 3.72. The van der Waals surface area contributed by atoms with E-state index in [1.165, 1.54) is 30.5 Å². The lowest BCUT2D eigenvalue weighted by molar-refractivity contribution is -0.111. The van der Waals surface area contributed by atoms with Crippen LogP contribution in [0.2, 0.25) is 0 Å². The molecule has 31 heavy (non-hydrogen) atoms. The molecule has 0 radical (unpaired) electrons. The van der Waals surface area contributed by atoms with E-state index >= 15 is 0 Å². The highest BCUT2D eigenvalue weighted by molar-refractivity contribution is 7.89. The molecule has 2 aromatic rings. The number of ether oxygens (including phenoxy) is 1. The molecule has 1 heterocycles. The van der Waals surface area contributed by atoms with Gasteiger partial charge in [0.1, 0.15) is 10.6 Å². The Morgan fingerprint density at radius 3 is 2.32 bits per heavy atom. The highest BCUT2D eigenvalue weighted by Gasteiger charge is 2.29. The molecule has 1 fully saturated rings. The number of carbonyl (C=O) groups excluding carboxylic acids is 2. The number of sulfonamides is 1. The maximum atomic E-state index is 13.1. The lowest BCUT2D eigenvalue weighted by Crippen LogP contribution is -2.35. The van der Waals surface area contributed by atoms with Crippen molar-refractivity contribution in [3.63, 3.8) is 0 Å². The molecular formula is C23H26N2O5S. The lowest BCUT2D eigenvalue weighted by atomic mass is 10.1. The zero-order valence-corrected chi connectivity index (χ0v) is 18.4. The molecule has 0 saturated carbocycles. The number of benzene rings is 2. The SMILES string of the molecule is COc1ccc(C=CC(=O)Nc2ccc(C(C)=O)cc2)cc1S(=O)(=O)N1CCCCC1. The van der Waals surface area contributed by atoms with E-state index in [0.29, 0.717) is 29.9 Å². The van der Waals surface area contributed by atoms with Crippen LogP contribution in [0, 0.1) is 0 Å². The molecule has 0 aliphatic carbocycles. The number of carbonyl (C=O) groups is 2. The van der Waals surface area contributed by atoms with E-state index in [2.05, 4.69) is 5.32 Å². The van der Waals surface area contributed by atoms with Gasteiger partial charge in [-0.15, -0.1) is 0 Å². The third-order valence-electron chi connectivity index (χ3n) is 5.11. The predicted molar refractivity (Wildman–Crippen MR) is 120 cm³/mol. The van der Waals surface area contributed by atoms with Gasteiger partial charge in [0.2, 0.25) is 15.9 Å².